The topological polar surface area (TPSA) is 29.3 Å². The Labute approximate surface area is 117 Å². The fourth-order valence-corrected chi connectivity index (χ4v) is 3.92. The Bertz CT molecular complexity index is 410. The van der Waals surface area contributed by atoms with E-state index in [1.807, 2.05) is 0 Å². The first-order valence-corrected chi connectivity index (χ1v) is 7.85. The first-order valence-electron chi connectivity index (χ1n) is 7.85. The average Bonchev–Trinajstić information content (AvgIpc) is 2.83. The molecule has 1 aliphatic heterocycles. The van der Waals surface area contributed by atoms with Crippen LogP contribution in [-0.2, 0) is 6.42 Å². The molecule has 1 aromatic carbocycles. The van der Waals surface area contributed by atoms with Gasteiger partial charge in [0.25, 0.3) is 0 Å². The third-order valence-corrected chi connectivity index (χ3v) is 4.84. The second-order valence-corrected chi connectivity index (χ2v) is 6.44. The van der Waals surface area contributed by atoms with Crippen molar-refractivity contribution >= 4 is 5.69 Å². The van der Waals surface area contributed by atoms with Crippen molar-refractivity contribution in [3.05, 3.63) is 29.8 Å². The Kier molecular flexibility index (Phi) is 3.79. The molecule has 1 aromatic rings. The third-order valence-electron chi connectivity index (χ3n) is 4.84. The zero-order valence-electron chi connectivity index (χ0n) is 12.0. The van der Waals surface area contributed by atoms with Gasteiger partial charge in [-0.05, 0) is 56.2 Å². The van der Waals surface area contributed by atoms with E-state index in [0.29, 0.717) is 0 Å². The van der Waals surface area contributed by atoms with Crippen molar-refractivity contribution in [2.75, 3.05) is 11.4 Å². The fourth-order valence-electron chi connectivity index (χ4n) is 3.92. The van der Waals surface area contributed by atoms with Gasteiger partial charge in [0, 0.05) is 24.3 Å². The molecule has 2 heteroatoms. The van der Waals surface area contributed by atoms with Crippen LogP contribution < -0.4 is 10.6 Å². The maximum atomic E-state index is 5.86. The molecule has 3 rings (SSSR count). The molecule has 1 saturated heterocycles. The zero-order chi connectivity index (χ0) is 13.2. The SMILES string of the molecule is CC(N)Cc1ccc(N2CCC3CCCCC32)cc1. The van der Waals surface area contributed by atoms with Crippen LogP contribution in [0.15, 0.2) is 24.3 Å². The van der Waals surface area contributed by atoms with Crippen LogP contribution in [-0.4, -0.2) is 18.6 Å². The van der Waals surface area contributed by atoms with Crippen molar-refractivity contribution in [3.63, 3.8) is 0 Å². The number of nitrogens with two attached hydrogens (primary N) is 1. The molecule has 3 atom stereocenters. The van der Waals surface area contributed by atoms with Gasteiger partial charge >= 0.3 is 0 Å². The lowest BCUT2D eigenvalue weighted by molar-refractivity contribution is 0.342. The van der Waals surface area contributed by atoms with Crippen molar-refractivity contribution in [2.45, 2.75) is 57.5 Å². The number of benzene rings is 1. The van der Waals surface area contributed by atoms with Crippen LogP contribution in [0.3, 0.4) is 0 Å². The Balaban J connectivity index is 1.71. The van der Waals surface area contributed by atoms with E-state index < -0.39 is 0 Å². The van der Waals surface area contributed by atoms with Gasteiger partial charge in [0.05, 0.1) is 0 Å². The summed E-state index contributed by atoms with van der Waals surface area (Å²) in [6, 6.07) is 10.2. The summed E-state index contributed by atoms with van der Waals surface area (Å²) in [5.74, 6) is 0.956. The van der Waals surface area contributed by atoms with E-state index in [4.69, 9.17) is 5.73 Å². The van der Waals surface area contributed by atoms with E-state index in [0.717, 1.165) is 18.4 Å². The standard InChI is InChI=1S/C17H26N2/c1-13(18)12-14-6-8-16(9-7-14)19-11-10-15-4-2-3-5-17(15)19/h6-9,13,15,17H,2-5,10-12,18H2,1H3. The van der Waals surface area contributed by atoms with Gasteiger partial charge in [0.1, 0.15) is 0 Å². The molecular weight excluding hydrogens is 232 g/mol. The summed E-state index contributed by atoms with van der Waals surface area (Å²) in [6.07, 6.45) is 8.08. The second-order valence-electron chi connectivity index (χ2n) is 6.44. The minimum atomic E-state index is 0.250. The van der Waals surface area contributed by atoms with Crippen LogP contribution in [0.5, 0.6) is 0 Å². The smallest absolute Gasteiger partial charge is 0.0368 e. The highest BCUT2D eigenvalue weighted by atomic mass is 15.2. The van der Waals surface area contributed by atoms with E-state index in [1.54, 1.807) is 0 Å². The molecule has 3 unspecified atom stereocenters. The summed E-state index contributed by atoms with van der Waals surface area (Å²) in [6.45, 7) is 3.32. The predicted octanol–water partition coefficient (Wildman–Crippen LogP) is 3.35. The lowest BCUT2D eigenvalue weighted by atomic mass is 9.85. The molecule has 1 heterocycles. The summed E-state index contributed by atoms with van der Waals surface area (Å²) in [7, 11) is 0. The monoisotopic (exact) mass is 258 g/mol. The Hall–Kier alpha value is -1.02. The second kappa shape index (κ2) is 5.54. The van der Waals surface area contributed by atoms with Crippen LogP contribution in [0.4, 0.5) is 5.69 Å². The fraction of sp³-hybridized carbons (Fsp3) is 0.647. The highest BCUT2D eigenvalue weighted by Gasteiger charge is 2.35. The van der Waals surface area contributed by atoms with E-state index in [-0.39, 0.29) is 6.04 Å². The predicted molar refractivity (Wildman–Crippen MR) is 81.5 cm³/mol. The summed E-state index contributed by atoms with van der Waals surface area (Å²) >= 11 is 0. The maximum absolute atomic E-state index is 5.86. The molecule has 0 aromatic heterocycles. The molecule has 2 nitrogen and oxygen atoms in total. The molecule has 1 aliphatic carbocycles. The van der Waals surface area contributed by atoms with Crippen molar-refractivity contribution in [1.82, 2.24) is 0 Å². The van der Waals surface area contributed by atoms with Crippen molar-refractivity contribution < 1.29 is 0 Å². The molecule has 2 aliphatic rings. The quantitative estimate of drug-likeness (QED) is 0.901. The highest BCUT2D eigenvalue weighted by Crippen LogP contribution is 2.38. The number of nitrogens with zero attached hydrogens (tertiary/aromatic N) is 1. The van der Waals surface area contributed by atoms with Crippen LogP contribution >= 0.6 is 0 Å². The van der Waals surface area contributed by atoms with Crippen LogP contribution in [0.1, 0.15) is 44.6 Å². The van der Waals surface area contributed by atoms with Gasteiger partial charge < -0.3 is 10.6 Å². The number of rotatable bonds is 3. The largest absolute Gasteiger partial charge is 0.368 e. The maximum Gasteiger partial charge on any atom is 0.0368 e. The summed E-state index contributed by atoms with van der Waals surface area (Å²) in [4.78, 5) is 2.65. The molecule has 1 saturated carbocycles. The minimum Gasteiger partial charge on any atom is -0.368 e. The lowest BCUT2D eigenvalue weighted by Gasteiger charge is -2.33. The first kappa shape index (κ1) is 13.0. The minimum absolute atomic E-state index is 0.250. The van der Waals surface area contributed by atoms with Crippen LogP contribution in [0.25, 0.3) is 0 Å². The van der Waals surface area contributed by atoms with E-state index in [2.05, 4.69) is 36.1 Å². The molecule has 2 N–H and O–H groups in total. The van der Waals surface area contributed by atoms with Crippen LogP contribution in [0.2, 0.25) is 0 Å². The van der Waals surface area contributed by atoms with Gasteiger partial charge in [-0.1, -0.05) is 25.0 Å². The molecule has 104 valence electrons. The number of fused-ring (bicyclic) bond motifs is 1. The van der Waals surface area contributed by atoms with Crippen molar-refractivity contribution in [2.24, 2.45) is 11.7 Å². The summed E-state index contributed by atoms with van der Waals surface area (Å²) in [5.41, 5.74) is 8.64. The van der Waals surface area contributed by atoms with Gasteiger partial charge in [-0.25, -0.2) is 0 Å². The van der Waals surface area contributed by atoms with E-state index in [9.17, 15) is 0 Å². The molecule has 0 spiro atoms. The summed E-state index contributed by atoms with van der Waals surface area (Å²) in [5, 5.41) is 0. The Morgan fingerprint density at radius 2 is 1.89 bits per heavy atom. The summed E-state index contributed by atoms with van der Waals surface area (Å²) < 4.78 is 0. The number of hydrogen-bond donors (Lipinski definition) is 1. The molecule has 0 bridgehead atoms. The van der Waals surface area contributed by atoms with Crippen molar-refractivity contribution in [1.29, 1.82) is 0 Å². The number of hydrogen-bond acceptors (Lipinski definition) is 2. The van der Waals surface area contributed by atoms with Crippen LogP contribution in [0, 0.1) is 5.92 Å². The van der Waals surface area contributed by atoms with Crippen molar-refractivity contribution in [3.8, 4) is 0 Å². The molecule has 19 heavy (non-hydrogen) atoms. The Morgan fingerprint density at radius 3 is 2.63 bits per heavy atom. The Morgan fingerprint density at radius 1 is 1.16 bits per heavy atom. The lowest BCUT2D eigenvalue weighted by Crippen LogP contribution is -2.34. The van der Waals surface area contributed by atoms with E-state index >= 15 is 0 Å². The third kappa shape index (κ3) is 2.79. The average molecular weight is 258 g/mol. The molecule has 0 amide bonds. The van der Waals surface area contributed by atoms with E-state index in [1.165, 1.54) is 49.9 Å². The normalized spacial score (nSPS) is 28.2. The first-order chi connectivity index (χ1) is 9.24. The molecular formula is C17H26N2. The number of anilines is 1. The van der Waals surface area contributed by atoms with Gasteiger partial charge in [-0.3, -0.25) is 0 Å². The van der Waals surface area contributed by atoms with Gasteiger partial charge in [-0.15, -0.1) is 0 Å². The molecule has 2 fully saturated rings. The van der Waals surface area contributed by atoms with Gasteiger partial charge in [0.15, 0.2) is 0 Å². The van der Waals surface area contributed by atoms with Gasteiger partial charge in [-0.2, -0.15) is 0 Å². The molecule has 0 radical (unpaired) electrons. The van der Waals surface area contributed by atoms with Gasteiger partial charge in [0.2, 0.25) is 0 Å². The highest BCUT2D eigenvalue weighted by molar-refractivity contribution is 5.50. The zero-order valence-corrected chi connectivity index (χ0v) is 12.0.